The normalized spacial score (nSPS) is 18.7. The number of benzene rings is 1. The van der Waals surface area contributed by atoms with Gasteiger partial charge in [0.15, 0.2) is 0 Å². The summed E-state index contributed by atoms with van der Waals surface area (Å²) in [6.07, 6.45) is 3.78. The van der Waals surface area contributed by atoms with Crippen LogP contribution in [-0.2, 0) is 11.3 Å². The van der Waals surface area contributed by atoms with Crippen LogP contribution >= 0.6 is 0 Å². The van der Waals surface area contributed by atoms with E-state index in [1.54, 1.807) is 0 Å². The molecule has 0 aliphatic carbocycles. The lowest BCUT2D eigenvalue weighted by Gasteiger charge is -2.14. The number of hydrogen-bond donors (Lipinski definition) is 1. The molecule has 1 saturated heterocycles. The first-order valence-electron chi connectivity index (χ1n) is 7.34. The van der Waals surface area contributed by atoms with Crippen molar-refractivity contribution >= 4 is 0 Å². The molecule has 1 heterocycles. The van der Waals surface area contributed by atoms with Gasteiger partial charge < -0.3 is 14.8 Å². The lowest BCUT2D eigenvalue weighted by Crippen LogP contribution is -2.15. The Morgan fingerprint density at radius 1 is 1.42 bits per heavy atom. The molecule has 3 nitrogen and oxygen atoms in total. The largest absolute Gasteiger partial charge is 0.493 e. The van der Waals surface area contributed by atoms with Crippen LogP contribution in [0.5, 0.6) is 5.75 Å². The lowest BCUT2D eigenvalue weighted by atomic mass is 10.1. The van der Waals surface area contributed by atoms with Gasteiger partial charge in [-0.1, -0.05) is 24.6 Å². The van der Waals surface area contributed by atoms with E-state index in [1.807, 2.05) is 0 Å². The number of rotatable bonds is 7. The van der Waals surface area contributed by atoms with Crippen molar-refractivity contribution in [2.45, 2.75) is 45.8 Å². The van der Waals surface area contributed by atoms with E-state index in [0.29, 0.717) is 6.10 Å². The van der Waals surface area contributed by atoms with Crippen LogP contribution in [0.3, 0.4) is 0 Å². The van der Waals surface area contributed by atoms with Crippen molar-refractivity contribution in [1.82, 2.24) is 5.32 Å². The lowest BCUT2D eigenvalue weighted by molar-refractivity contribution is 0.0902. The van der Waals surface area contributed by atoms with Gasteiger partial charge in [0, 0.05) is 25.1 Å². The number of aryl methyl sites for hydroxylation is 1. The molecule has 0 saturated carbocycles. The minimum absolute atomic E-state index is 0.405. The van der Waals surface area contributed by atoms with Gasteiger partial charge in [0.2, 0.25) is 0 Å². The van der Waals surface area contributed by atoms with Crippen LogP contribution in [0, 0.1) is 6.92 Å². The Morgan fingerprint density at radius 3 is 3.05 bits per heavy atom. The first-order valence-corrected chi connectivity index (χ1v) is 7.34. The predicted molar refractivity (Wildman–Crippen MR) is 77.6 cm³/mol. The topological polar surface area (TPSA) is 30.5 Å². The summed E-state index contributed by atoms with van der Waals surface area (Å²) in [6.45, 7) is 7.74. The minimum atomic E-state index is 0.405. The van der Waals surface area contributed by atoms with Crippen molar-refractivity contribution in [3.05, 3.63) is 29.3 Å². The Bertz CT molecular complexity index is 386. The predicted octanol–water partition coefficient (Wildman–Crippen LogP) is 3.05. The average Bonchev–Trinajstić information content (AvgIpc) is 2.91. The van der Waals surface area contributed by atoms with Crippen molar-refractivity contribution in [3.8, 4) is 5.75 Å². The monoisotopic (exact) mass is 263 g/mol. The fourth-order valence-electron chi connectivity index (χ4n) is 2.42. The molecule has 1 aromatic rings. The van der Waals surface area contributed by atoms with Gasteiger partial charge in [0.05, 0.1) is 12.7 Å². The molecule has 3 heteroatoms. The third kappa shape index (κ3) is 4.51. The van der Waals surface area contributed by atoms with E-state index in [-0.39, 0.29) is 0 Å². The van der Waals surface area contributed by atoms with Gasteiger partial charge in [-0.25, -0.2) is 0 Å². The molecular weight excluding hydrogens is 238 g/mol. The van der Waals surface area contributed by atoms with Crippen molar-refractivity contribution in [2.24, 2.45) is 0 Å². The van der Waals surface area contributed by atoms with Gasteiger partial charge in [-0.15, -0.1) is 0 Å². The summed E-state index contributed by atoms with van der Waals surface area (Å²) >= 11 is 0. The van der Waals surface area contributed by atoms with Crippen LogP contribution in [-0.4, -0.2) is 25.9 Å². The first-order chi connectivity index (χ1) is 9.29. The molecule has 0 aromatic heterocycles. The molecule has 1 fully saturated rings. The molecule has 1 aliphatic heterocycles. The molecule has 1 N–H and O–H groups in total. The van der Waals surface area contributed by atoms with Crippen LogP contribution in [0.25, 0.3) is 0 Å². The number of ether oxygens (including phenoxy) is 2. The molecule has 0 amide bonds. The van der Waals surface area contributed by atoms with Gasteiger partial charge in [-0.3, -0.25) is 0 Å². The quantitative estimate of drug-likeness (QED) is 0.820. The summed E-state index contributed by atoms with van der Waals surface area (Å²) < 4.78 is 11.5. The molecule has 1 aromatic carbocycles. The fourth-order valence-corrected chi connectivity index (χ4v) is 2.42. The van der Waals surface area contributed by atoms with E-state index in [4.69, 9.17) is 9.47 Å². The SMILES string of the molecule is CCNCc1cc(C)ccc1OCCC1CCCO1. The van der Waals surface area contributed by atoms with Crippen molar-refractivity contribution in [3.63, 3.8) is 0 Å². The summed E-state index contributed by atoms with van der Waals surface area (Å²) in [5.74, 6) is 1.00. The Labute approximate surface area is 116 Å². The van der Waals surface area contributed by atoms with Gasteiger partial charge in [-0.05, 0) is 32.4 Å². The zero-order valence-corrected chi connectivity index (χ0v) is 12.1. The molecule has 0 radical (unpaired) electrons. The Kier molecular flexibility index (Phi) is 5.67. The number of hydrogen-bond acceptors (Lipinski definition) is 3. The highest BCUT2D eigenvalue weighted by Gasteiger charge is 2.15. The second kappa shape index (κ2) is 7.51. The molecule has 1 atom stereocenters. The smallest absolute Gasteiger partial charge is 0.123 e. The maximum atomic E-state index is 5.93. The van der Waals surface area contributed by atoms with Gasteiger partial charge in [0.1, 0.15) is 5.75 Å². The second-order valence-electron chi connectivity index (χ2n) is 5.16. The maximum absolute atomic E-state index is 5.93. The zero-order valence-electron chi connectivity index (χ0n) is 12.1. The minimum Gasteiger partial charge on any atom is -0.493 e. The molecule has 0 spiro atoms. The highest BCUT2D eigenvalue weighted by Crippen LogP contribution is 2.21. The van der Waals surface area contributed by atoms with E-state index in [1.165, 1.54) is 24.0 Å². The van der Waals surface area contributed by atoms with E-state index in [0.717, 1.165) is 38.5 Å². The van der Waals surface area contributed by atoms with Crippen LogP contribution in [0.2, 0.25) is 0 Å². The summed E-state index contributed by atoms with van der Waals surface area (Å²) in [6, 6.07) is 6.39. The second-order valence-corrected chi connectivity index (χ2v) is 5.16. The standard InChI is InChI=1S/C16H25NO2/c1-3-17-12-14-11-13(2)6-7-16(14)19-10-8-15-5-4-9-18-15/h6-7,11,15,17H,3-5,8-10,12H2,1-2H3. The highest BCUT2D eigenvalue weighted by molar-refractivity contribution is 5.36. The van der Waals surface area contributed by atoms with Gasteiger partial charge >= 0.3 is 0 Å². The third-order valence-electron chi connectivity index (χ3n) is 3.50. The third-order valence-corrected chi connectivity index (χ3v) is 3.50. The van der Waals surface area contributed by atoms with Gasteiger partial charge in [0.25, 0.3) is 0 Å². The molecule has 106 valence electrons. The molecule has 0 bridgehead atoms. The fraction of sp³-hybridized carbons (Fsp3) is 0.625. The van der Waals surface area contributed by atoms with E-state index in [2.05, 4.69) is 37.4 Å². The Morgan fingerprint density at radius 2 is 2.32 bits per heavy atom. The van der Waals surface area contributed by atoms with Crippen LogP contribution in [0.1, 0.15) is 37.3 Å². The van der Waals surface area contributed by atoms with Crippen molar-refractivity contribution in [1.29, 1.82) is 0 Å². The zero-order chi connectivity index (χ0) is 13.5. The molecule has 1 unspecified atom stereocenters. The maximum Gasteiger partial charge on any atom is 0.123 e. The van der Waals surface area contributed by atoms with Crippen LogP contribution in [0.15, 0.2) is 18.2 Å². The first kappa shape index (κ1) is 14.4. The van der Waals surface area contributed by atoms with E-state index in [9.17, 15) is 0 Å². The number of nitrogens with one attached hydrogen (secondary N) is 1. The average molecular weight is 263 g/mol. The molecule has 2 rings (SSSR count). The molecule has 19 heavy (non-hydrogen) atoms. The van der Waals surface area contributed by atoms with Gasteiger partial charge in [-0.2, -0.15) is 0 Å². The van der Waals surface area contributed by atoms with Crippen molar-refractivity contribution < 1.29 is 9.47 Å². The van der Waals surface area contributed by atoms with Crippen LogP contribution < -0.4 is 10.1 Å². The molecular formula is C16H25NO2. The summed E-state index contributed by atoms with van der Waals surface area (Å²) in [5.41, 5.74) is 2.52. The Hall–Kier alpha value is -1.06. The van der Waals surface area contributed by atoms with Crippen molar-refractivity contribution in [2.75, 3.05) is 19.8 Å². The van der Waals surface area contributed by atoms with E-state index >= 15 is 0 Å². The summed E-state index contributed by atoms with van der Waals surface area (Å²) in [4.78, 5) is 0. The Balaban J connectivity index is 1.86. The summed E-state index contributed by atoms with van der Waals surface area (Å²) in [7, 11) is 0. The molecule has 1 aliphatic rings. The highest BCUT2D eigenvalue weighted by atomic mass is 16.5. The summed E-state index contributed by atoms with van der Waals surface area (Å²) in [5, 5.41) is 3.36. The van der Waals surface area contributed by atoms with Crippen LogP contribution in [0.4, 0.5) is 0 Å². The van der Waals surface area contributed by atoms with E-state index < -0.39 is 0 Å².